The first-order chi connectivity index (χ1) is 19.2. The fraction of sp³-hybridized carbons (Fsp3) is 0.161. The topological polar surface area (TPSA) is 77.5 Å². The smallest absolute Gasteiger partial charge is 0.416 e. The molecule has 0 atom stereocenters. The molecule has 5 rings (SSSR count). The molecule has 0 amide bonds. The highest BCUT2D eigenvalue weighted by Gasteiger charge is 2.30. The molecule has 2 aromatic heterocycles. The summed E-state index contributed by atoms with van der Waals surface area (Å²) in [7, 11) is 0. The van der Waals surface area contributed by atoms with Gasteiger partial charge in [0.25, 0.3) is 0 Å². The molecule has 40 heavy (non-hydrogen) atoms. The minimum absolute atomic E-state index is 0.0816. The average Bonchev–Trinajstić information content (AvgIpc) is 3.53. The van der Waals surface area contributed by atoms with E-state index in [0.717, 1.165) is 34.7 Å². The number of alkyl halides is 3. The molecular formula is C31H25F3N2O4. The number of aromatic nitrogens is 2. The summed E-state index contributed by atoms with van der Waals surface area (Å²) < 4.78 is 51.9. The molecule has 0 saturated carbocycles. The molecule has 5 aromatic rings. The molecule has 9 heteroatoms. The van der Waals surface area contributed by atoms with E-state index in [1.165, 1.54) is 22.9 Å². The molecule has 6 nitrogen and oxygen atoms in total. The van der Waals surface area contributed by atoms with Gasteiger partial charge in [0.2, 0.25) is 5.89 Å². The predicted octanol–water partition coefficient (Wildman–Crippen LogP) is 7.37. The maximum absolute atomic E-state index is 12.9. The zero-order valence-electron chi connectivity index (χ0n) is 21.5. The molecule has 1 N–H and O–H groups in total. The van der Waals surface area contributed by atoms with Gasteiger partial charge in [-0.3, -0.25) is 0 Å². The van der Waals surface area contributed by atoms with Crippen molar-refractivity contribution in [3.8, 4) is 22.9 Å². The molecule has 0 spiro atoms. The van der Waals surface area contributed by atoms with Crippen molar-refractivity contribution in [3.63, 3.8) is 0 Å². The molecule has 0 saturated heterocycles. The van der Waals surface area contributed by atoms with Crippen molar-refractivity contribution >= 4 is 5.97 Å². The average molecular weight is 547 g/mol. The lowest BCUT2D eigenvalue weighted by Crippen LogP contribution is -2.04. The number of nitrogens with zero attached hydrogens (tertiary/aromatic N) is 2. The Morgan fingerprint density at radius 3 is 2.33 bits per heavy atom. The van der Waals surface area contributed by atoms with Gasteiger partial charge in [0, 0.05) is 30.1 Å². The molecular weight excluding hydrogens is 521 g/mol. The van der Waals surface area contributed by atoms with Gasteiger partial charge in [0.15, 0.2) is 0 Å². The first-order valence-corrected chi connectivity index (χ1v) is 12.5. The molecule has 0 aliphatic carbocycles. The van der Waals surface area contributed by atoms with Crippen molar-refractivity contribution in [2.24, 2.45) is 0 Å². The van der Waals surface area contributed by atoms with Gasteiger partial charge < -0.3 is 18.8 Å². The summed E-state index contributed by atoms with van der Waals surface area (Å²) in [5, 5.41) is 9.68. The first kappa shape index (κ1) is 26.8. The molecule has 0 radical (unpaired) electrons. The van der Waals surface area contributed by atoms with Crippen LogP contribution in [0.15, 0.2) is 95.7 Å². The number of ether oxygens (including phenoxy) is 1. The molecule has 0 fully saturated rings. The van der Waals surface area contributed by atoms with Crippen molar-refractivity contribution < 1.29 is 32.2 Å². The van der Waals surface area contributed by atoms with Crippen molar-refractivity contribution in [3.05, 3.63) is 125 Å². The molecule has 2 heterocycles. The van der Waals surface area contributed by atoms with Gasteiger partial charge in [0.05, 0.1) is 23.4 Å². The lowest BCUT2D eigenvalue weighted by molar-refractivity contribution is -0.137. The quantitative estimate of drug-likeness (QED) is 0.209. The number of hydrogen-bond donors (Lipinski definition) is 1. The van der Waals surface area contributed by atoms with Crippen molar-refractivity contribution in [1.82, 2.24) is 9.55 Å². The number of aryl methyl sites for hydroxylation is 1. The summed E-state index contributed by atoms with van der Waals surface area (Å²) in [6, 6.07) is 21.6. The number of aromatic carboxylic acids is 1. The van der Waals surface area contributed by atoms with Crippen LogP contribution in [0.3, 0.4) is 0 Å². The Balaban J connectivity index is 1.22. The van der Waals surface area contributed by atoms with E-state index in [0.29, 0.717) is 42.3 Å². The Morgan fingerprint density at radius 2 is 1.68 bits per heavy atom. The summed E-state index contributed by atoms with van der Waals surface area (Å²) >= 11 is 0. The van der Waals surface area contributed by atoms with E-state index in [2.05, 4.69) is 4.98 Å². The third kappa shape index (κ3) is 6.09. The van der Waals surface area contributed by atoms with E-state index >= 15 is 0 Å². The summed E-state index contributed by atoms with van der Waals surface area (Å²) in [6.45, 7) is 2.28. The van der Waals surface area contributed by atoms with Crippen molar-refractivity contribution in [2.75, 3.05) is 6.61 Å². The molecule has 0 bridgehead atoms. The molecule has 204 valence electrons. The molecule has 3 aromatic carbocycles. The number of carbonyl (C=O) groups is 1. The highest BCUT2D eigenvalue weighted by molar-refractivity contribution is 5.89. The van der Waals surface area contributed by atoms with Crippen LogP contribution in [0.5, 0.6) is 5.75 Å². The van der Waals surface area contributed by atoms with E-state index < -0.39 is 17.7 Å². The molecule has 0 unspecified atom stereocenters. The van der Waals surface area contributed by atoms with Crippen LogP contribution in [-0.4, -0.2) is 27.2 Å². The lowest BCUT2D eigenvalue weighted by atomic mass is 10.0. The monoisotopic (exact) mass is 546 g/mol. The van der Waals surface area contributed by atoms with Gasteiger partial charge >= 0.3 is 12.1 Å². The summed E-state index contributed by atoms with van der Waals surface area (Å²) in [4.78, 5) is 16.4. The van der Waals surface area contributed by atoms with Gasteiger partial charge in [0.1, 0.15) is 11.5 Å². The highest BCUT2D eigenvalue weighted by Crippen LogP contribution is 2.30. The summed E-state index contributed by atoms with van der Waals surface area (Å²) in [6.07, 6.45) is -0.504. The normalized spacial score (nSPS) is 11.5. The number of carboxylic acid groups (broad SMARTS) is 1. The number of rotatable bonds is 9. The van der Waals surface area contributed by atoms with Crippen LogP contribution in [0.1, 0.15) is 38.5 Å². The largest absolute Gasteiger partial charge is 0.493 e. The fourth-order valence-corrected chi connectivity index (χ4v) is 4.35. The van der Waals surface area contributed by atoms with E-state index in [1.807, 2.05) is 61.5 Å². The maximum Gasteiger partial charge on any atom is 0.416 e. The van der Waals surface area contributed by atoms with Crippen LogP contribution < -0.4 is 4.74 Å². The third-order valence-corrected chi connectivity index (χ3v) is 6.47. The van der Waals surface area contributed by atoms with Crippen molar-refractivity contribution in [2.45, 2.75) is 25.9 Å². The molecule has 0 aliphatic rings. The third-order valence-electron chi connectivity index (χ3n) is 6.47. The fourth-order valence-electron chi connectivity index (χ4n) is 4.35. The van der Waals surface area contributed by atoms with Gasteiger partial charge in [-0.15, -0.1) is 0 Å². The van der Waals surface area contributed by atoms with Crippen LogP contribution in [0, 0.1) is 6.92 Å². The van der Waals surface area contributed by atoms with Crippen LogP contribution in [-0.2, 0) is 19.0 Å². The highest BCUT2D eigenvalue weighted by atomic mass is 19.4. The van der Waals surface area contributed by atoms with E-state index in [4.69, 9.17) is 9.15 Å². The summed E-state index contributed by atoms with van der Waals surface area (Å²) in [5.41, 5.74) is 2.89. The van der Waals surface area contributed by atoms with E-state index in [9.17, 15) is 23.1 Å². The van der Waals surface area contributed by atoms with Crippen molar-refractivity contribution in [1.29, 1.82) is 0 Å². The number of halogens is 3. The standard InChI is InChI=1S/C31H25F3N2O4/c1-20-28(35-29(40-20)22-5-3-2-4-6-22)15-16-39-26-13-7-21(8-14-26)17-23-18-36(19-27(23)30(37)38)25-11-9-24(10-12-25)31(32,33)34/h2-14,18-19H,15-17H2,1H3,(H,37,38). The first-order valence-electron chi connectivity index (χ1n) is 12.5. The van der Waals surface area contributed by atoms with Gasteiger partial charge in [-0.05, 0) is 73.0 Å². The predicted molar refractivity (Wildman–Crippen MR) is 143 cm³/mol. The lowest BCUT2D eigenvalue weighted by Gasteiger charge is -2.08. The Hall–Kier alpha value is -4.79. The Labute approximate surface area is 228 Å². The van der Waals surface area contributed by atoms with E-state index in [1.54, 1.807) is 6.20 Å². The van der Waals surface area contributed by atoms with Crippen LogP contribution in [0.25, 0.3) is 17.1 Å². The minimum atomic E-state index is -4.44. The second-order valence-corrected chi connectivity index (χ2v) is 9.26. The van der Waals surface area contributed by atoms with Gasteiger partial charge in [-0.1, -0.05) is 30.3 Å². The van der Waals surface area contributed by atoms with Crippen LogP contribution in [0.2, 0.25) is 0 Å². The Kier molecular flexibility index (Phi) is 7.46. The Bertz CT molecular complexity index is 1600. The summed E-state index contributed by atoms with van der Waals surface area (Å²) in [5.74, 6) is 0.869. The molecule has 0 aliphatic heterocycles. The SMILES string of the molecule is Cc1oc(-c2ccccc2)nc1CCOc1ccc(Cc2cn(-c3ccc(C(F)(F)F)cc3)cc2C(=O)O)cc1. The van der Waals surface area contributed by atoms with Gasteiger partial charge in [-0.2, -0.15) is 13.2 Å². The van der Waals surface area contributed by atoms with Gasteiger partial charge in [-0.25, -0.2) is 9.78 Å². The number of carboxylic acids is 1. The zero-order chi connectivity index (χ0) is 28.3. The zero-order valence-corrected chi connectivity index (χ0v) is 21.5. The number of hydrogen-bond acceptors (Lipinski definition) is 4. The second kappa shape index (κ2) is 11.1. The van der Waals surface area contributed by atoms with Crippen LogP contribution >= 0.6 is 0 Å². The Morgan fingerprint density at radius 1 is 0.975 bits per heavy atom. The second-order valence-electron chi connectivity index (χ2n) is 9.26. The van der Waals surface area contributed by atoms with E-state index in [-0.39, 0.29) is 5.56 Å². The number of benzene rings is 3. The maximum atomic E-state index is 12.9. The van der Waals surface area contributed by atoms with Crippen LogP contribution in [0.4, 0.5) is 13.2 Å². The minimum Gasteiger partial charge on any atom is -0.493 e. The number of oxazole rings is 1.